The molecule has 3 amide bonds. The molecule has 3 N–H and O–H groups in total. The third kappa shape index (κ3) is 6.20. The van der Waals surface area contributed by atoms with Crippen LogP contribution < -0.4 is 16.0 Å². The Morgan fingerprint density at radius 3 is 2.67 bits per heavy atom. The van der Waals surface area contributed by atoms with Crippen molar-refractivity contribution in [2.45, 2.75) is 45.2 Å². The number of likely N-dealkylation sites (tertiary alicyclic amines) is 1. The summed E-state index contributed by atoms with van der Waals surface area (Å²) in [6.45, 7) is 6.74. The first-order valence-electron chi connectivity index (χ1n) is 7.59. The highest BCUT2D eigenvalue weighted by Gasteiger charge is 2.29. The fourth-order valence-electron chi connectivity index (χ4n) is 2.87. The highest BCUT2D eigenvalue weighted by molar-refractivity contribution is 5.95. The number of amides is 3. The lowest BCUT2D eigenvalue weighted by atomic mass is 10.1. The Balaban J connectivity index is 0.00000220. The van der Waals surface area contributed by atoms with Gasteiger partial charge in [0.05, 0.1) is 6.54 Å². The van der Waals surface area contributed by atoms with Crippen LogP contribution in [0.4, 0.5) is 4.79 Å². The maximum Gasteiger partial charge on any atom is 0.321 e. The lowest BCUT2D eigenvalue weighted by Gasteiger charge is -2.23. The summed E-state index contributed by atoms with van der Waals surface area (Å²) in [6.07, 6.45) is 3.53. The first-order valence-corrected chi connectivity index (χ1v) is 7.59. The predicted octanol–water partition coefficient (Wildman–Crippen LogP) is 0.716. The molecular weight excluding hydrogens is 292 g/mol. The Labute approximate surface area is 132 Å². The van der Waals surface area contributed by atoms with E-state index >= 15 is 0 Å². The average molecular weight is 319 g/mol. The average Bonchev–Trinajstić information content (AvgIpc) is 2.70. The van der Waals surface area contributed by atoms with Gasteiger partial charge in [-0.1, -0.05) is 13.8 Å². The number of carbonyl (C=O) groups excluding carboxylic acids is 2. The van der Waals surface area contributed by atoms with Gasteiger partial charge in [-0.15, -0.1) is 12.4 Å². The van der Waals surface area contributed by atoms with Crippen LogP contribution in [0.2, 0.25) is 0 Å². The van der Waals surface area contributed by atoms with Gasteiger partial charge in [0.1, 0.15) is 0 Å². The normalized spacial score (nSPS) is 25.1. The zero-order valence-electron chi connectivity index (χ0n) is 12.9. The molecule has 2 unspecified atom stereocenters. The summed E-state index contributed by atoms with van der Waals surface area (Å²) in [5, 5.41) is 8.66. The number of halogens is 1. The van der Waals surface area contributed by atoms with Crippen LogP contribution in [0.5, 0.6) is 0 Å². The lowest BCUT2D eigenvalue weighted by molar-refractivity contribution is -0.121. The van der Waals surface area contributed by atoms with Crippen LogP contribution in [-0.4, -0.2) is 55.1 Å². The smallest absolute Gasteiger partial charge is 0.321 e. The maximum atomic E-state index is 11.9. The zero-order valence-corrected chi connectivity index (χ0v) is 13.7. The molecule has 21 heavy (non-hydrogen) atoms. The Bertz CT molecular complexity index is 365. The third-order valence-corrected chi connectivity index (χ3v) is 3.90. The molecule has 2 fully saturated rings. The van der Waals surface area contributed by atoms with Crippen LogP contribution in [0.3, 0.4) is 0 Å². The number of carbonyl (C=O) groups is 2. The standard InChI is InChI=1S/C14H26N4O2.ClH/c1-10(2)7-15-14(20)17-13(19)9-18-6-5-11-3-4-12(8-18)16-11;/h10-12,16H,3-9H2,1-2H3,(H2,15,17,19,20);1H. The lowest BCUT2D eigenvalue weighted by Crippen LogP contribution is -2.46. The van der Waals surface area contributed by atoms with Gasteiger partial charge in [-0.3, -0.25) is 15.0 Å². The molecule has 0 radical (unpaired) electrons. The molecule has 2 aliphatic rings. The van der Waals surface area contributed by atoms with Gasteiger partial charge >= 0.3 is 6.03 Å². The van der Waals surface area contributed by atoms with Crippen LogP contribution in [0, 0.1) is 5.92 Å². The molecule has 0 spiro atoms. The Hall–Kier alpha value is -0.850. The molecule has 0 aromatic rings. The van der Waals surface area contributed by atoms with Gasteiger partial charge in [-0.2, -0.15) is 0 Å². The van der Waals surface area contributed by atoms with Crippen molar-refractivity contribution in [1.82, 2.24) is 20.9 Å². The van der Waals surface area contributed by atoms with Crippen LogP contribution >= 0.6 is 12.4 Å². The van der Waals surface area contributed by atoms with Gasteiger partial charge in [0.15, 0.2) is 0 Å². The molecule has 0 aliphatic carbocycles. The van der Waals surface area contributed by atoms with Crippen molar-refractivity contribution in [2.75, 3.05) is 26.2 Å². The molecule has 6 nitrogen and oxygen atoms in total. The highest BCUT2D eigenvalue weighted by Crippen LogP contribution is 2.19. The number of nitrogens with zero attached hydrogens (tertiary/aromatic N) is 1. The predicted molar refractivity (Wildman–Crippen MR) is 84.6 cm³/mol. The SMILES string of the molecule is CC(C)CNC(=O)NC(=O)CN1CCC2CCC(C1)N2.Cl. The van der Waals surface area contributed by atoms with Gasteiger partial charge in [0.25, 0.3) is 0 Å². The van der Waals surface area contributed by atoms with Gasteiger partial charge in [-0.25, -0.2) is 4.79 Å². The minimum atomic E-state index is -0.391. The second-order valence-corrected chi connectivity index (χ2v) is 6.31. The second kappa shape index (κ2) is 8.56. The van der Waals surface area contributed by atoms with Crippen molar-refractivity contribution in [3.8, 4) is 0 Å². The van der Waals surface area contributed by atoms with E-state index in [0.29, 0.717) is 31.1 Å². The van der Waals surface area contributed by atoms with E-state index in [9.17, 15) is 9.59 Å². The van der Waals surface area contributed by atoms with Crippen LogP contribution in [0.25, 0.3) is 0 Å². The first kappa shape index (κ1) is 18.2. The van der Waals surface area contributed by atoms with E-state index in [2.05, 4.69) is 20.9 Å². The van der Waals surface area contributed by atoms with Crippen LogP contribution in [0.15, 0.2) is 0 Å². The summed E-state index contributed by atoms with van der Waals surface area (Å²) in [5.74, 6) is 0.159. The molecule has 7 heteroatoms. The Kier molecular flexibility index (Phi) is 7.42. The summed E-state index contributed by atoms with van der Waals surface area (Å²) in [5.41, 5.74) is 0. The van der Waals surface area contributed by atoms with Gasteiger partial charge in [0.2, 0.25) is 5.91 Å². The van der Waals surface area contributed by atoms with Crippen LogP contribution in [-0.2, 0) is 4.79 Å². The largest absolute Gasteiger partial charge is 0.338 e. The molecule has 2 aliphatic heterocycles. The molecule has 2 atom stereocenters. The summed E-state index contributed by atoms with van der Waals surface area (Å²) in [6, 6.07) is 0.727. The van der Waals surface area contributed by atoms with Crippen molar-refractivity contribution in [3.63, 3.8) is 0 Å². The number of imide groups is 1. The van der Waals surface area contributed by atoms with Crippen molar-refractivity contribution >= 4 is 24.3 Å². The van der Waals surface area contributed by atoms with E-state index in [1.807, 2.05) is 13.8 Å². The van der Waals surface area contributed by atoms with E-state index in [-0.39, 0.29) is 18.3 Å². The van der Waals surface area contributed by atoms with Gasteiger partial charge in [0, 0.05) is 31.7 Å². The van der Waals surface area contributed by atoms with E-state index in [0.717, 1.165) is 19.5 Å². The fraction of sp³-hybridized carbons (Fsp3) is 0.857. The third-order valence-electron chi connectivity index (χ3n) is 3.90. The molecule has 0 aromatic heterocycles. The highest BCUT2D eigenvalue weighted by atomic mass is 35.5. The molecule has 2 bridgehead atoms. The molecule has 0 saturated carbocycles. The summed E-state index contributed by atoms with van der Waals surface area (Å²) < 4.78 is 0. The Morgan fingerprint density at radius 1 is 1.24 bits per heavy atom. The maximum absolute atomic E-state index is 11.9. The number of hydrogen-bond donors (Lipinski definition) is 3. The summed E-state index contributed by atoms with van der Waals surface area (Å²) >= 11 is 0. The molecule has 2 rings (SSSR count). The van der Waals surface area contributed by atoms with E-state index in [1.54, 1.807) is 0 Å². The van der Waals surface area contributed by atoms with Gasteiger partial charge in [-0.05, 0) is 25.2 Å². The van der Waals surface area contributed by atoms with Crippen molar-refractivity contribution < 1.29 is 9.59 Å². The number of hydrogen-bond acceptors (Lipinski definition) is 4. The zero-order chi connectivity index (χ0) is 14.5. The second-order valence-electron chi connectivity index (χ2n) is 6.31. The van der Waals surface area contributed by atoms with Crippen molar-refractivity contribution in [1.29, 1.82) is 0 Å². The number of nitrogens with one attached hydrogen (secondary N) is 3. The number of rotatable bonds is 4. The monoisotopic (exact) mass is 318 g/mol. The topological polar surface area (TPSA) is 73.5 Å². The molecular formula is C14H27ClN4O2. The summed E-state index contributed by atoms with van der Waals surface area (Å²) in [4.78, 5) is 25.5. The minimum absolute atomic E-state index is 0. The summed E-state index contributed by atoms with van der Waals surface area (Å²) in [7, 11) is 0. The number of fused-ring (bicyclic) bond motifs is 2. The molecule has 0 aromatic carbocycles. The fourth-order valence-corrected chi connectivity index (χ4v) is 2.87. The van der Waals surface area contributed by atoms with E-state index < -0.39 is 6.03 Å². The quantitative estimate of drug-likeness (QED) is 0.714. The van der Waals surface area contributed by atoms with E-state index in [1.165, 1.54) is 12.8 Å². The molecule has 2 heterocycles. The minimum Gasteiger partial charge on any atom is -0.338 e. The van der Waals surface area contributed by atoms with Gasteiger partial charge < -0.3 is 10.6 Å². The van der Waals surface area contributed by atoms with Crippen LogP contribution in [0.1, 0.15) is 33.1 Å². The van der Waals surface area contributed by atoms with E-state index in [4.69, 9.17) is 0 Å². The Morgan fingerprint density at radius 2 is 1.95 bits per heavy atom. The molecule has 122 valence electrons. The van der Waals surface area contributed by atoms with Crippen molar-refractivity contribution in [3.05, 3.63) is 0 Å². The number of urea groups is 1. The first-order chi connectivity index (χ1) is 9.52. The molecule has 2 saturated heterocycles. The van der Waals surface area contributed by atoms with Crippen molar-refractivity contribution in [2.24, 2.45) is 5.92 Å².